The molecule has 10 heteroatoms. The number of unbranched alkanes of at least 4 members (excludes halogenated alkanes) is 1. The molecule has 0 saturated heterocycles. The van der Waals surface area contributed by atoms with Crippen molar-refractivity contribution in [3.05, 3.63) is 62.2 Å². The number of carbonyl (C=O) groups excluding carboxylic acids is 2. The quantitative estimate of drug-likeness (QED) is 0.491. The molecule has 1 aromatic carbocycles. The molecular formula is C21H22Cl2N4O4. The number of hydrogen-bond acceptors (Lipinski definition) is 5. The number of halogens is 2. The van der Waals surface area contributed by atoms with Crippen molar-refractivity contribution in [2.75, 3.05) is 13.2 Å². The summed E-state index contributed by atoms with van der Waals surface area (Å²) in [6.45, 7) is 2.03. The summed E-state index contributed by atoms with van der Waals surface area (Å²) in [7, 11) is 1.71. The number of fused-ring (bicyclic) bond motifs is 1. The summed E-state index contributed by atoms with van der Waals surface area (Å²) in [4.78, 5) is 42.2. The molecule has 3 aromatic rings. The molecule has 8 nitrogen and oxygen atoms in total. The second kappa shape index (κ2) is 9.98. The van der Waals surface area contributed by atoms with Crippen LogP contribution >= 0.6 is 23.2 Å². The zero-order chi connectivity index (χ0) is 22.5. The van der Waals surface area contributed by atoms with Gasteiger partial charge in [-0.1, -0.05) is 42.6 Å². The molecular weight excluding hydrogens is 443 g/mol. The van der Waals surface area contributed by atoms with Crippen molar-refractivity contribution in [1.29, 1.82) is 0 Å². The van der Waals surface area contributed by atoms with Crippen LogP contribution in [-0.2, 0) is 18.3 Å². The summed E-state index contributed by atoms with van der Waals surface area (Å²) < 4.78 is 8.52. The van der Waals surface area contributed by atoms with E-state index >= 15 is 0 Å². The van der Waals surface area contributed by atoms with E-state index in [1.807, 2.05) is 6.92 Å². The second-order valence-electron chi connectivity index (χ2n) is 7.02. The summed E-state index contributed by atoms with van der Waals surface area (Å²) in [6, 6.07) is 4.91. The standard InChI is InChI=1S/C21H22Cl2N4O4/c1-3-4-9-31-18-17(25-21-26(2)7-8-27(21)20(18)30)19(29)24-12-14(28)10-13-5-6-15(22)16(23)11-13/h5-8,11H,3-4,9-10,12H2,1-2H3,(H,24,29). The van der Waals surface area contributed by atoms with E-state index in [2.05, 4.69) is 10.3 Å². The minimum Gasteiger partial charge on any atom is -0.486 e. The van der Waals surface area contributed by atoms with Gasteiger partial charge in [0.05, 0.1) is 23.2 Å². The smallest absolute Gasteiger partial charge is 0.302 e. The maximum absolute atomic E-state index is 12.8. The number of imidazole rings is 1. The lowest BCUT2D eigenvalue weighted by molar-refractivity contribution is -0.117. The monoisotopic (exact) mass is 464 g/mol. The van der Waals surface area contributed by atoms with Gasteiger partial charge in [0.2, 0.25) is 11.5 Å². The molecule has 2 heterocycles. The van der Waals surface area contributed by atoms with E-state index in [1.54, 1.807) is 42.2 Å². The Bertz CT molecular complexity index is 1190. The Morgan fingerprint density at radius 2 is 1.97 bits per heavy atom. The number of rotatable bonds is 9. The number of amides is 1. The SMILES string of the molecule is CCCCOc1c(C(=O)NCC(=O)Cc2ccc(Cl)c(Cl)c2)nc2n(C)ccn2c1=O. The van der Waals surface area contributed by atoms with Gasteiger partial charge in [0.1, 0.15) is 0 Å². The van der Waals surface area contributed by atoms with Crippen LogP contribution in [0.15, 0.2) is 35.4 Å². The van der Waals surface area contributed by atoms with Crippen LogP contribution in [0.1, 0.15) is 35.8 Å². The first-order chi connectivity index (χ1) is 14.8. The molecule has 0 radical (unpaired) electrons. The van der Waals surface area contributed by atoms with Gasteiger partial charge < -0.3 is 14.6 Å². The third-order valence-corrected chi connectivity index (χ3v) is 5.34. The van der Waals surface area contributed by atoms with Gasteiger partial charge in [0.25, 0.3) is 5.91 Å². The number of aromatic nitrogens is 3. The third-order valence-electron chi connectivity index (χ3n) is 4.60. The van der Waals surface area contributed by atoms with Gasteiger partial charge in [-0.05, 0) is 24.1 Å². The first-order valence-corrected chi connectivity index (χ1v) is 10.5. The van der Waals surface area contributed by atoms with Crippen LogP contribution in [-0.4, -0.2) is 38.8 Å². The fourth-order valence-corrected chi connectivity index (χ4v) is 3.25. The minimum atomic E-state index is -0.658. The second-order valence-corrected chi connectivity index (χ2v) is 7.84. The van der Waals surface area contributed by atoms with Crippen LogP contribution in [0, 0.1) is 0 Å². The van der Waals surface area contributed by atoms with E-state index in [4.69, 9.17) is 27.9 Å². The highest BCUT2D eigenvalue weighted by Crippen LogP contribution is 2.22. The van der Waals surface area contributed by atoms with Gasteiger partial charge in [-0.25, -0.2) is 9.38 Å². The Kier molecular flexibility index (Phi) is 7.35. The fraction of sp³-hybridized carbons (Fsp3) is 0.333. The molecule has 0 bridgehead atoms. The van der Waals surface area contributed by atoms with Crippen molar-refractivity contribution in [3.63, 3.8) is 0 Å². The highest BCUT2D eigenvalue weighted by atomic mass is 35.5. The molecule has 0 spiro atoms. The molecule has 0 aliphatic rings. The van der Waals surface area contributed by atoms with E-state index in [9.17, 15) is 14.4 Å². The van der Waals surface area contributed by atoms with E-state index in [1.165, 1.54) is 4.40 Å². The molecule has 2 aromatic heterocycles. The summed E-state index contributed by atoms with van der Waals surface area (Å²) >= 11 is 11.9. The zero-order valence-electron chi connectivity index (χ0n) is 17.2. The normalized spacial score (nSPS) is 11.0. The number of aryl methyl sites for hydroxylation is 1. The van der Waals surface area contributed by atoms with Crippen LogP contribution < -0.4 is 15.6 Å². The van der Waals surface area contributed by atoms with E-state index in [0.29, 0.717) is 21.4 Å². The predicted octanol–water partition coefficient (Wildman–Crippen LogP) is 3.06. The summed E-state index contributed by atoms with van der Waals surface area (Å²) in [5, 5.41) is 3.28. The molecule has 31 heavy (non-hydrogen) atoms. The fourth-order valence-electron chi connectivity index (χ4n) is 2.93. The van der Waals surface area contributed by atoms with Gasteiger partial charge in [-0.2, -0.15) is 0 Å². The number of benzene rings is 1. The van der Waals surface area contributed by atoms with Crippen molar-refractivity contribution >= 4 is 40.7 Å². The van der Waals surface area contributed by atoms with Crippen molar-refractivity contribution < 1.29 is 14.3 Å². The third kappa shape index (κ3) is 5.26. The first-order valence-electron chi connectivity index (χ1n) is 9.76. The van der Waals surface area contributed by atoms with Crippen molar-refractivity contribution in [2.24, 2.45) is 7.05 Å². The molecule has 164 valence electrons. The van der Waals surface area contributed by atoms with Crippen LogP contribution in [0.5, 0.6) is 5.75 Å². The van der Waals surface area contributed by atoms with E-state index in [-0.39, 0.29) is 36.8 Å². The molecule has 0 aliphatic heterocycles. The molecule has 0 fully saturated rings. The largest absolute Gasteiger partial charge is 0.486 e. The average Bonchev–Trinajstić information content (AvgIpc) is 3.11. The van der Waals surface area contributed by atoms with Gasteiger partial charge in [0, 0.05) is 25.9 Å². The Hall–Kier alpha value is -2.84. The molecule has 3 rings (SSSR count). The van der Waals surface area contributed by atoms with Crippen molar-refractivity contribution in [1.82, 2.24) is 19.3 Å². The van der Waals surface area contributed by atoms with Crippen molar-refractivity contribution in [3.8, 4) is 5.75 Å². The highest BCUT2D eigenvalue weighted by Gasteiger charge is 2.22. The number of nitrogens with zero attached hydrogens (tertiary/aromatic N) is 3. The maximum atomic E-state index is 12.8. The van der Waals surface area contributed by atoms with Crippen LogP contribution in [0.2, 0.25) is 10.0 Å². The highest BCUT2D eigenvalue weighted by molar-refractivity contribution is 6.42. The lowest BCUT2D eigenvalue weighted by Gasteiger charge is -2.11. The lowest BCUT2D eigenvalue weighted by Crippen LogP contribution is -2.33. The zero-order valence-corrected chi connectivity index (χ0v) is 18.7. The van der Waals surface area contributed by atoms with Gasteiger partial charge >= 0.3 is 5.56 Å². The topological polar surface area (TPSA) is 94.7 Å². The van der Waals surface area contributed by atoms with Gasteiger partial charge in [0.15, 0.2) is 11.5 Å². The lowest BCUT2D eigenvalue weighted by atomic mass is 10.1. The number of ether oxygens (including phenoxy) is 1. The number of carbonyl (C=O) groups is 2. The molecule has 1 amide bonds. The minimum absolute atomic E-state index is 0.0734. The Morgan fingerprint density at radius 3 is 2.68 bits per heavy atom. The summed E-state index contributed by atoms with van der Waals surface area (Å²) in [5.41, 5.74) is 0.0538. The number of Topliss-reactive ketones (excluding diaryl/α,β-unsaturated/α-hetero) is 1. The molecule has 0 unspecified atom stereocenters. The van der Waals surface area contributed by atoms with Gasteiger partial charge in [-0.3, -0.25) is 14.4 Å². The van der Waals surface area contributed by atoms with Crippen molar-refractivity contribution in [2.45, 2.75) is 26.2 Å². The van der Waals surface area contributed by atoms with E-state index < -0.39 is 11.5 Å². The Balaban J connectivity index is 1.77. The van der Waals surface area contributed by atoms with Crippen LogP contribution in [0.25, 0.3) is 5.78 Å². The Morgan fingerprint density at radius 1 is 1.19 bits per heavy atom. The molecule has 0 atom stereocenters. The number of nitrogens with one attached hydrogen (secondary N) is 1. The predicted molar refractivity (Wildman–Crippen MR) is 118 cm³/mol. The molecule has 1 N–H and O–H groups in total. The first kappa shape index (κ1) is 22.8. The van der Waals surface area contributed by atoms with Crippen LogP contribution in [0.4, 0.5) is 0 Å². The molecule has 0 aliphatic carbocycles. The summed E-state index contributed by atoms with van der Waals surface area (Å²) in [5.74, 6) is -0.738. The average molecular weight is 465 g/mol. The number of hydrogen-bond donors (Lipinski definition) is 1. The van der Waals surface area contributed by atoms with E-state index in [0.717, 1.165) is 12.8 Å². The maximum Gasteiger partial charge on any atom is 0.302 e. The Labute approximate surface area is 188 Å². The van der Waals surface area contributed by atoms with Gasteiger partial charge in [-0.15, -0.1) is 0 Å². The number of ketones is 1. The molecule has 0 saturated carbocycles. The van der Waals surface area contributed by atoms with Crippen LogP contribution in [0.3, 0.4) is 0 Å². The summed E-state index contributed by atoms with van der Waals surface area (Å²) in [6.07, 6.45) is 4.87.